The second-order valence-electron chi connectivity index (χ2n) is 7.80. The van der Waals surface area contributed by atoms with Crippen molar-refractivity contribution in [3.8, 4) is 5.75 Å². The van der Waals surface area contributed by atoms with E-state index in [9.17, 15) is 21.6 Å². The lowest BCUT2D eigenvalue weighted by molar-refractivity contribution is 0.102. The van der Waals surface area contributed by atoms with E-state index < -0.39 is 26.0 Å². The zero-order valence-electron chi connectivity index (χ0n) is 18.6. The fourth-order valence-electron chi connectivity index (χ4n) is 3.73. The molecule has 3 N–H and O–H groups in total. The number of rotatable bonds is 9. The Kier molecular flexibility index (Phi) is 8.11. The van der Waals surface area contributed by atoms with Gasteiger partial charge in [0.1, 0.15) is 5.75 Å². The van der Waals surface area contributed by atoms with Crippen LogP contribution < -0.4 is 19.5 Å². The number of amides is 1. The van der Waals surface area contributed by atoms with Gasteiger partial charge in [0.05, 0.1) is 22.5 Å². The fraction of sp³-hybridized carbons (Fsp3) is 0.409. The van der Waals surface area contributed by atoms with Crippen molar-refractivity contribution in [1.29, 1.82) is 0 Å². The van der Waals surface area contributed by atoms with E-state index in [4.69, 9.17) is 4.74 Å². The number of ether oxygens (including phenoxy) is 1. The van der Waals surface area contributed by atoms with Crippen molar-refractivity contribution >= 4 is 31.6 Å². The predicted molar refractivity (Wildman–Crippen MR) is 125 cm³/mol. The minimum atomic E-state index is -3.76. The summed E-state index contributed by atoms with van der Waals surface area (Å²) >= 11 is 0. The van der Waals surface area contributed by atoms with E-state index in [0.29, 0.717) is 5.69 Å². The fourth-order valence-corrected chi connectivity index (χ4v) is 6.10. The van der Waals surface area contributed by atoms with Gasteiger partial charge in [-0.15, -0.1) is 0 Å². The first-order valence-electron chi connectivity index (χ1n) is 10.8. The van der Waals surface area contributed by atoms with Crippen molar-refractivity contribution in [2.75, 3.05) is 19.0 Å². The highest BCUT2D eigenvalue weighted by Crippen LogP contribution is 2.25. The van der Waals surface area contributed by atoms with Crippen LogP contribution in [0.1, 0.15) is 49.4 Å². The maximum atomic E-state index is 12.8. The molecule has 11 heteroatoms. The van der Waals surface area contributed by atoms with Crippen molar-refractivity contribution in [1.82, 2.24) is 9.44 Å². The number of carbonyl (C=O) groups excluding carboxylic acids is 1. The number of hydrogen-bond donors (Lipinski definition) is 3. The van der Waals surface area contributed by atoms with Crippen LogP contribution in [0.15, 0.2) is 52.3 Å². The number of methoxy groups -OCH3 is 1. The topological polar surface area (TPSA) is 131 Å². The summed E-state index contributed by atoms with van der Waals surface area (Å²) < 4.78 is 60.2. The quantitative estimate of drug-likeness (QED) is 0.490. The van der Waals surface area contributed by atoms with Gasteiger partial charge >= 0.3 is 0 Å². The van der Waals surface area contributed by atoms with E-state index in [1.807, 2.05) is 0 Å². The Bertz CT molecular complexity index is 1190. The van der Waals surface area contributed by atoms with E-state index >= 15 is 0 Å². The zero-order chi connectivity index (χ0) is 24.1. The van der Waals surface area contributed by atoms with Crippen LogP contribution in [0.2, 0.25) is 0 Å². The normalized spacial score (nSPS) is 15.2. The first kappa shape index (κ1) is 25.2. The Morgan fingerprint density at radius 1 is 0.939 bits per heavy atom. The summed E-state index contributed by atoms with van der Waals surface area (Å²) in [5, 5.41) is 2.65. The van der Waals surface area contributed by atoms with Crippen LogP contribution in [0, 0.1) is 0 Å². The number of benzene rings is 2. The molecule has 0 bridgehead atoms. The molecule has 33 heavy (non-hydrogen) atoms. The summed E-state index contributed by atoms with van der Waals surface area (Å²) in [6.45, 7) is 1.87. The van der Waals surface area contributed by atoms with Gasteiger partial charge in [0.25, 0.3) is 5.91 Å². The molecular formula is C22H29N3O6S2. The number of carbonyl (C=O) groups is 1. The lowest BCUT2D eigenvalue weighted by atomic mass is 9.96. The summed E-state index contributed by atoms with van der Waals surface area (Å²) in [5.41, 5.74) is 0.394. The van der Waals surface area contributed by atoms with E-state index in [1.165, 1.54) is 49.6 Å². The maximum absolute atomic E-state index is 12.8. The zero-order valence-corrected chi connectivity index (χ0v) is 20.3. The standard InChI is InChI=1S/C22H29N3O6S2/c1-3-23-32(27,28)19-13-14-21(31-2)20(15-19)22(26)24-16-9-11-18(12-10-16)33(29,30)25-17-7-5-4-6-8-17/h9-15,17,23,25H,3-8H2,1-2H3,(H,24,26). The average molecular weight is 496 g/mol. The van der Waals surface area contributed by atoms with Crippen LogP contribution in [0.3, 0.4) is 0 Å². The van der Waals surface area contributed by atoms with Gasteiger partial charge in [0, 0.05) is 18.3 Å². The molecule has 1 saturated carbocycles. The highest BCUT2D eigenvalue weighted by molar-refractivity contribution is 7.89. The second kappa shape index (κ2) is 10.6. The highest BCUT2D eigenvalue weighted by Gasteiger charge is 2.22. The van der Waals surface area contributed by atoms with Crippen molar-refractivity contribution in [2.45, 2.75) is 54.9 Å². The van der Waals surface area contributed by atoms with Crippen LogP contribution in [-0.4, -0.2) is 42.4 Å². The molecule has 1 fully saturated rings. The molecule has 2 aromatic rings. The smallest absolute Gasteiger partial charge is 0.259 e. The molecule has 9 nitrogen and oxygen atoms in total. The molecule has 2 aromatic carbocycles. The number of sulfonamides is 2. The van der Waals surface area contributed by atoms with Crippen LogP contribution in [0.5, 0.6) is 5.75 Å². The molecule has 0 aromatic heterocycles. The molecule has 1 amide bonds. The maximum Gasteiger partial charge on any atom is 0.259 e. The largest absolute Gasteiger partial charge is 0.496 e. The highest BCUT2D eigenvalue weighted by atomic mass is 32.2. The molecule has 0 heterocycles. The molecule has 0 saturated heterocycles. The Hall–Kier alpha value is -2.47. The minimum Gasteiger partial charge on any atom is -0.496 e. The van der Waals surface area contributed by atoms with Gasteiger partial charge in [-0.3, -0.25) is 4.79 Å². The molecule has 180 valence electrons. The first-order valence-corrected chi connectivity index (χ1v) is 13.7. The summed E-state index contributed by atoms with van der Waals surface area (Å²) in [7, 11) is -6.03. The van der Waals surface area contributed by atoms with Crippen LogP contribution in [0.25, 0.3) is 0 Å². The predicted octanol–water partition coefficient (Wildman–Crippen LogP) is 2.86. The van der Waals surface area contributed by atoms with Gasteiger partial charge in [-0.25, -0.2) is 26.3 Å². The van der Waals surface area contributed by atoms with Crippen molar-refractivity contribution in [3.05, 3.63) is 48.0 Å². The van der Waals surface area contributed by atoms with Gasteiger partial charge in [-0.05, 0) is 55.3 Å². The van der Waals surface area contributed by atoms with Crippen LogP contribution in [-0.2, 0) is 20.0 Å². The molecule has 0 aliphatic heterocycles. The molecule has 0 spiro atoms. The number of nitrogens with one attached hydrogen (secondary N) is 3. The van der Waals surface area contributed by atoms with Gasteiger partial charge < -0.3 is 10.1 Å². The molecule has 1 aliphatic carbocycles. The molecular weight excluding hydrogens is 466 g/mol. The van der Waals surface area contributed by atoms with Gasteiger partial charge in [-0.2, -0.15) is 0 Å². The van der Waals surface area contributed by atoms with Crippen molar-refractivity contribution < 1.29 is 26.4 Å². The Balaban J connectivity index is 1.76. The van der Waals surface area contributed by atoms with E-state index in [0.717, 1.165) is 32.1 Å². The summed E-state index contributed by atoms with van der Waals surface area (Å²) in [4.78, 5) is 12.9. The van der Waals surface area contributed by atoms with Crippen molar-refractivity contribution in [2.24, 2.45) is 0 Å². The summed E-state index contributed by atoms with van der Waals surface area (Å²) in [6.07, 6.45) is 4.81. The molecule has 1 aliphatic rings. The lowest BCUT2D eigenvalue weighted by Crippen LogP contribution is -2.36. The Morgan fingerprint density at radius 3 is 2.18 bits per heavy atom. The molecule has 0 atom stereocenters. The third-order valence-electron chi connectivity index (χ3n) is 5.41. The van der Waals surface area contributed by atoms with E-state index in [-0.39, 0.29) is 33.7 Å². The first-order chi connectivity index (χ1) is 15.7. The van der Waals surface area contributed by atoms with Crippen LogP contribution in [0.4, 0.5) is 5.69 Å². The summed E-state index contributed by atoms with van der Waals surface area (Å²) in [6, 6.07) is 9.75. The second-order valence-corrected chi connectivity index (χ2v) is 11.3. The number of anilines is 1. The van der Waals surface area contributed by atoms with Gasteiger partial charge in [0.2, 0.25) is 20.0 Å². The monoisotopic (exact) mass is 495 g/mol. The third-order valence-corrected chi connectivity index (χ3v) is 8.49. The van der Waals surface area contributed by atoms with Gasteiger partial charge in [0.15, 0.2) is 0 Å². The summed E-state index contributed by atoms with van der Waals surface area (Å²) in [5.74, 6) is -0.379. The van der Waals surface area contributed by atoms with Crippen LogP contribution >= 0.6 is 0 Å². The average Bonchev–Trinajstić information content (AvgIpc) is 2.79. The molecule has 0 unspecified atom stereocenters. The molecule has 3 rings (SSSR count). The minimum absolute atomic E-state index is 0.0344. The van der Waals surface area contributed by atoms with E-state index in [1.54, 1.807) is 6.92 Å². The Morgan fingerprint density at radius 2 is 1.58 bits per heavy atom. The number of hydrogen-bond acceptors (Lipinski definition) is 6. The lowest BCUT2D eigenvalue weighted by Gasteiger charge is -2.22. The van der Waals surface area contributed by atoms with E-state index in [2.05, 4.69) is 14.8 Å². The van der Waals surface area contributed by atoms with Crippen molar-refractivity contribution in [3.63, 3.8) is 0 Å². The van der Waals surface area contributed by atoms with Gasteiger partial charge in [-0.1, -0.05) is 26.2 Å². The Labute approximate surface area is 195 Å². The molecule has 0 radical (unpaired) electrons. The third kappa shape index (κ3) is 6.32. The SMILES string of the molecule is CCNS(=O)(=O)c1ccc(OC)c(C(=O)Nc2ccc(S(=O)(=O)NC3CCCCC3)cc2)c1.